The van der Waals surface area contributed by atoms with Crippen LogP contribution in [0, 0.1) is 0 Å². The van der Waals surface area contributed by atoms with Crippen LogP contribution in [-0.2, 0) is 13.9 Å². The molecule has 0 aliphatic rings. The molecule has 0 saturated heterocycles. The Balaban J connectivity index is 0. The van der Waals surface area contributed by atoms with Gasteiger partial charge in [0.15, 0.2) is 0 Å². The van der Waals surface area contributed by atoms with Crippen LogP contribution in [0.2, 0.25) is 0 Å². The van der Waals surface area contributed by atoms with Crippen molar-refractivity contribution in [3.63, 3.8) is 0 Å². The molecule has 6 nitrogen and oxygen atoms in total. The minimum atomic E-state index is -4.21. The van der Waals surface area contributed by atoms with Gasteiger partial charge in [-0.05, 0) is 20.3 Å². The highest BCUT2D eigenvalue weighted by atomic mass is 31.2. The van der Waals surface area contributed by atoms with E-state index in [1.165, 1.54) is 0 Å². The van der Waals surface area contributed by atoms with Gasteiger partial charge in [-0.2, -0.15) is 0 Å². The second-order valence-corrected chi connectivity index (χ2v) is 5.68. The molecule has 0 bridgehead atoms. The Morgan fingerprint density at radius 2 is 1.90 bits per heavy atom. The Bertz CT molecular complexity index is 364. The van der Waals surface area contributed by atoms with Crippen LogP contribution >= 0.6 is 7.82 Å². The predicted molar refractivity (Wildman–Crippen MR) is 84.8 cm³/mol. The first-order valence-corrected chi connectivity index (χ1v) is 8.48. The van der Waals surface area contributed by atoms with Crippen LogP contribution in [0.1, 0.15) is 40.0 Å². The molecule has 0 fully saturated rings. The maximum atomic E-state index is 11.2. The summed E-state index contributed by atoms with van der Waals surface area (Å²) in [7, 11) is -4.21. The summed E-state index contributed by atoms with van der Waals surface area (Å²) < 4.78 is 14.3. The van der Waals surface area contributed by atoms with Gasteiger partial charge in [0, 0.05) is 18.7 Å². The van der Waals surface area contributed by atoms with Gasteiger partial charge in [0.2, 0.25) is 5.91 Å². The van der Waals surface area contributed by atoms with Gasteiger partial charge in [-0.1, -0.05) is 32.4 Å². The first-order chi connectivity index (χ1) is 9.69. The molecule has 1 amide bonds. The van der Waals surface area contributed by atoms with Crippen molar-refractivity contribution in [2.75, 3.05) is 19.7 Å². The third-order valence-corrected chi connectivity index (χ3v) is 2.91. The summed E-state index contributed by atoms with van der Waals surface area (Å²) in [5, 5.41) is 0. The van der Waals surface area contributed by atoms with E-state index in [-0.39, 0.29) is 12.5 Å². The lowest BCUT2D eigenvalue weighted by atomic mass is 10.3. The van der Waals surface area contributed by atoms with Crippen LogP contribution in [0.15, 0.2) is 24.8 Å². The van der Waals surface area contributed by atoms with Crippen molar-refractivity contribution in [3.8, 4) is 0 Å². The molecular formula is C14H28NO5P. The quantitative estimate of drug-likeness (QED) is 0.295. The Morgan fingerprint density at radius 1 is 1.33 bits per heavy atom. The highest BCUT2D eigenvalue weighted by Crippen LogP contribution is 2.35. The molecule has 21 heavy (non-hydrogen) atoms. The molecule has 0 unspecified atom stereocenters. The molecule has 124 valence electrons. The number of phosphoric acid groups is 1. The van der Waals surface area contributed by atoms with E-state index < -0.39 is 7.82 Å². The standard InChI is InChI=1S/C9H15NO.C5H13O4P/c1-5-7-10(6-2)9(11)8(3)4;1-2-3-4-5-9-10(6,7)8/h5H,1,3,6-7H2,2,4H3;2-5H2,1H3,(H2,6,7,8). The van der Waals surface area contributed by atoms with Crippen LogP contribution in [-0.4, -0.2) is 40.3 Å². The highest BCUT2D eigenvalue weighted by molar-refractivity contribution is 7.46. The Morgan fingerprint density at radius 3 is 2.24 bits per heavy atom. The van der Waals surface area contributed by atoms with E-state index in [1.807, 2.05) is 13.8 Å². The normalized spacial score (nSPS) is 10.3. The minimum Gasteiger partial charge on any atom is -0.336 e. The lowest BCUT2D eigenvalue weighted by molar-refractivity contribution is -0.126. The van der Waals surface area contributed by atoms with Gasteiger partial charge in [0.25, 0.3) is 0 Å². The lowest BCUT2D eigenvalue weighted by Crippen LogP contribution is -2.31. The zero-order chi connectivity index (χ0) is 16.9. The van der Waals surface area contributed by atoms with Gasteiger partial charge < -0.3 is 14.7 Å². The molecule has 0 radical (unpaired) electrons. The third-order valence-electron chi connectivity index (χ3n) is 2.39. The van der Waals surface area contributed by atoms with Gasteiger partial charge in [0.05, 0.1) is 6.61 Å². The van der Waals surface area contributed by atoms with Gasteiger partial charge in [-0.3, -0.25) is 9.32 Å². The second kappa shape index (κ2) is 12.8. The van der Waals surface area contributed by atoms with Crippen molar-refractivity contribution < 1.29 is 23.7 Å². The Labute approximate surface area is 127 Å². The molecule has 0 aliphatic heterocycles. The number of phosphoric ester groups is 1. The van der Waals surface area contributed by atoms with Crippen molar-refractivity contribution in [3.05, 3.63) is 24.8 Å². The van der Waals surface area contributed by atoms with Gasteiger partial charge in [-0.15, -0.1) is 6.58 Å². The first-order valence-electron chi connectivity index (χ1n) is 6.95. The lowest BCUT2D eigenvalue weighted by Gasteiger charge is -2.18. The summed E-state index contributed by atoms with van der Waals surface area (Å²) in [4.78, 5) is 29.3. The van der Waals surface area contributed by atoms with E-state index in [9.17, 15) is 9.36 Å². The fourth-order valence-electron chi connectivity index (χ4n) is 1.32. The van der Waals surface area contributed by atoms with Gasteiger partial charge in [-0.25, -0.2) is 4.57 Å². The zero-order valence-electron chi connectivity index (χ0n) is 13.2. The van der Waals surface area contributed by atoms with Crippen LogP contribution < -0.4 is 0 Å². The summed E-state index contributed by atoms with van der Waals surface area (Å²) in [6.07, 6.45) is 4.39. The topological polar surface area (TPSA) is 87.1 Å². The number of amides is 1. The average Bonchev–Trinajstić information content (AvgIpc) is 2.40. The predicted octanol–water partition coefficient (Wildman–Crippen LogP) is 2.88. The Kier molecular flexibility index (Phi) is 13.6. The number of hydrogen-bond acceptors (Lipinski definition) is 3. The van der Waals surface area contributed by atoms with Crippen molar-refractivity contribution >= 4 is 13.7 Å². The smallest absolute Gasteiger partial charge is 0.336 e. The number of carbonyl (C=O) groups excluding carboxylic acids is 1. The van der Waals surface area contributed by atoms with Crippen molar-refractivity contribution in [2.24, 2.45) is 0 Å². The van der Waals surface area contributed by atoms with Crippen LogP contribution in [0.4, 0.5) is 0 Å². The molecule has 0 saturated carbocycles. The molecule has 0 heterocycles. The van der Waals surface area contributed by atoms with Crippen LogP contribution in [0.25, 0.3) is 0 Å². The van der Waals surface area contributed by atoms with Crippen molar-refractivity contribution in [1.82, 2.24) is 4.90 Å². The molecule has 0 aromatic carbocycles. The summed E-state index contributed by atoms with van der Waals surface area (Å²) in [6.45, 7) is 14.3. The maximum absolute atomic E-state index is 11.2. The summed E-state index contributed by atoms with van der Waals surface area (Å²) >= 11 is 0. The number of likely N-dealkylation sites (N-methyl/N-ethyl adjacent to an activating group) is 1. The average molecular weight is 321 g/mol. The summed E-state index contributed by atoms with van der Waals surface area (Å²) in [5.41, 5.74) is 0.578. The maximum Gasteiger partial charge on any atom is 0.469 e. The van der Waals surface area contributed by atoms with Crippen molar-refractivity contribution in [1.29, 1.82) is 0 Å². The van der Waals surface area contributed by atoms with E-state index in [0.29, 0.717) is 25.1 Å². The third kappa shape index (κ3) is 15.3. The number of carbonyl (C=O) groups is 1. The van der Waals surface area contributed by atoms with E-state index in [1.54, 1.807) is 17.9 Å². The van der Waals surface area contributed by atoms with E-state index in [2.05, 4.69) is 17.7 Å². The zero-order valence-corrected chi connectivity index (χ0v) is 14.1. The van der Waals surface area contributed by atoms with Crippen LogP contribution in [0.3, 0.4) is 0 Å². The number of unbranched alkanes of at least 4 members (excludes halogenated alkanes) is 2. The van der Waals surface area contributed by atoms with E-state index >= 15 is 0 Å². The first kappa shape index (κ1) is 22.3. The molecule has 0 atom stereocenters. The molecule has 2 N–H and O–H groups in total. The number of hydrogen-bond donors (Lipinski definition) is 2. The van der Waals surface area contributed by atoms with Gasteiger partial charge >= 0.3 is 7.82 Å². The SMILES string of the molecule is C=CCN(CC)C(=O)C(=C)C.CCCCCOP(=O)(O)O. The molecule has 7 heteroatoms. The van der Waals surface area contributed by atoms with Crippen LogP contribution in [0.5, 0.6) is 0 Å². The summed E-state index contributed by atoms with van der Waals surface area (Å²) in [6, 6.07) is 0. The molecule has 0 aromatic rings. The molecule has 0 aromatic heterocycles. The molecule has 0 aliphatic carbocycles. The Hall–Kier alpha value is -0.940. The van der Waals surface area contributed by atoms with Crippen molar-refractivity contribution in [2.45, 2.75) is 40.0 Å². The molecule has 0 spiro atoms. The van der Waals surface area contributed by atoms with E-state index in [0.717, 1.165) is 12.8 Å². The minimum absolute atomic E-state index is 0.00685. The van der Waals surface area contributed by atoms with Gasteiger partial charge in [0.1, 0.15) is 0 Å². The second-order valence-electron chi connectivity index (χ2n) is 4.44. The molecular weight excluding hydrogens is 293 g/mol. The molecule has 0 rings (SSSR count). The fourth-order valence-corrected chi connectivity index (χ4v) is 1.68. The highest BCUT2D eigenvalue weighted by Gasteiger charge is 2.11. The largest absolute Gasteiger partial charge is 0.469 e. The fraction of sp³-hybridized carbons (Fsp3) is 0.643. The number of rotatable bonds is 9. The monoisotopic (exact) mass is 321 g/mol. The number of nitrogens with zero attached hydrogens (tertiary/aromatic N) is 1. The summed E-state index contributed by atoms with van der Waals surface area (Å²) in [5.74, 6) is 0.00685. The van der Waals surface area contributed by atoms with E-state index in [4.69, 9.17) is 9.79 Å².